The molecule has 0 fully saturated rings. The highest BCUT2D eigenvalue weighted by Gasteiger charge is 2.45. The van der Waals surface area contributed by atoms with Gasteiger partial charge >= 0.3 is 0 Å². The van der Waals surface area contributed by atoms with Gasteiger partial charge in [0.2, 0.25) is 18.2 Å². The maximum atomic E-state index is 14.8. The van der Waals surface area contributed by atoms with Crippen molar-refractivity contribution in [1.29, 1.82) is 0 Å². The molecule has 186 valence electrons. The largest absolute Gasteiger partial charge is 0.387 e. The summed E-state index contributed by atoms with van der Waals surface area (Å²) >= 11 is 0. The molecule has 0 aliphatic rings. The van der Waals surface area contributed by atoms with Crippen molar-refractivity contribution in [3.8, 4) is 0 Å². The van der Waals surface area contributed by atoms with Crippen molar-refractivity contribution in [2.24, 2.45) is 11.3 Å². The first kappa shape index (κ1) is 27.5. The maximum Gasteiger partial charge on any atom is 0.233 e. The molecule has 0 saturated heterocycles. The lowest BCUT2D eigenvalue weighted by molar-refractivity contribution is 0.103. The molecular formula is C26H39N4O3P. The van der Waals surface area contributed by atoms with E-state index in [1.165, 1.54) is 0 Å². The summed E-state index contributed by atoms with van der Waals surface area (Å²) in [6.07, 6.45) is 0.737. The number of carbonyl (C=O) groups excluding carboxylic acids is 2. The number of benzene rings is 2. The van der Waals surface area contributed by atoms with E-state index in [4.69, 9.17) is 0 Å². The smallest absolute Gasteiger partial charge is 0.233 e. The average molecular weight is 487 g/mol. The van der Waals surface area contributed by atoms with E-state index >= 15 is 0 Å². The lowest BCUT2D eigenvalue weighted by Crippen LogP contribution is -2.22. The third-order valence-corrected chi connectivity index (χ3v) is 8.72. The molecule has 0 heterocycles. The van der Waals surface area contributed by atoms with Crippen molar-refractivity contribution < 1.29 is 14.2 Å². The Morgan fingerprint density at radius 2 is 1.09 bits per heavy atom. The Balaban J connectivity index is 2.77. The number of hydrogen-bond acceptors (Lipinski definition) is 7. The zero-order valence-electron chi connectivity index (χ0n) is 21.6. The summed E-state index contributed by atoms with van der Waals surface area (Å²) in [7, 11) is 2.73. The van der Waals surface area contributed by atoms with Gasteiger partial charge in [-0.3, -0.25) is 9.59 Å². The molecule has 0 bridgehead atoms. The van der Waals surface area contributed by atoms with Gasteiger partial charge in [-0.05, 0) is 42.0 Å². The van der Waals surface area contributed by atoms with E-state index in [1.54, 1.807) is 64.6 Å². The Hall–Kier alpha value is -2.79. The van der Waals surface area contributed by atoms with Gasteiger partial charge < -0.3 is 25.8 Å². The van der Waals surface area contributed by atoms with E-state index in [0.29, 0.717) is 22.7 Å². The fourth-order valence-corrected chi connectivity index (χ4v) is 7.29. The first-order valence-electron chi connectivity index (χ1n) is 11.6. The standard InChI is InChI=1S/C26H39N4O3P/c1-17(15-26(2,3)4)16-34(33,24(31)22-18(27-5)11-9-12-19(22)28-6)25(32)23-20(29-7)13-10-14-21(23)30-8/h9-14,17,27-30H,15-16H2,1-8H3. The van der Waals surface area contributed by atoms with Crippen LogP contribution in [-0.2, 0) is 4.57 Å². The molecule has 0 aliphatic heterocycles. The monoisotopic (exact) mass is 486 g/mol. The topological polar surface area (TPSA) is 99.3 Å². The second-order valence-electron chi connectivity index (χ2n) is 9.86. The van der Waals surface area contributed by atoms with Crippen LogP contribution in [0.5, 0.6) is 0 Å². The van der Waals surface area contributed by atoms with Crippen LogP contribution in [0.4, 0.5) is 22.7 Å². The lowest BCUT2D eigenvalue weighted by atomic mass is 9.86. The van der Waals surface area contributed by atoms with Crippen molar-refractivity contribution in [2.75, 3.05) is 55.6 Å². The summed E-state index contributed by atoms with van der Waals surface area (Å²) in [6.45, 7) is 8.26. The SMILES string of the molecule is CNc1cccc(NC)c1C(=O)P(=O)(CC(C)CC(C)(C)C)C(=O)c1c(NC)cccc1NC. The molecule has 0 radical (unpaired) electrons. The minimum Gasteiger partial charge on any atom is -0.387 e. The number of anilines is 4. The molecule has 2 rings (SSSR count). The molecular weight excluding hydrogens is 447 g/mol. The summed E-state index contributed by atoms with van der Waals surface area (Å²) in [4.78, 5) is 28.3. The Kier molecular flexibility index (Phi) is 8.96. The first-order chi connectivity index (χ1) is 15.9. The summed E-state index contributed by atoms with van der Waals surface area (Å²) < 4.78 is 14.8. The molecule has 7 nitrogen and oxygen atoms in total. The van der Waals surface area contributed by atoms with E-state index in [1.807, 2.05) is 6.92 Å². The highest BCUT2D eigenvalue weighted by molar-refractivity contribution is 7.95. The van der Waals surface area contributed by atoms with Crippen LogP contribution in [0.3, 0.4) is 0 Å². The molecule has 0 spiro atoms. The minimum atomic E-state index is -4.09. The van der Waals surface area contributed by atoms with Crippen molar-refractivity contribution in [3.63, 3.8) is 0 Å². The van der Waals surface area contributed by atoms with Crippen LogP contribution in [0.15, 0.2) is 36.4 Å². The molecule has 34 heavy (non-hydrogen) atoms. The van der Waals surface area contributed by atoms with Gasteiger partial charge in [0.15, 0.2) is 0 Å². The van der Waals surface area contributed by atoms with Crippen LogP contribution < -0.4 is 21.3 Å². The number of carbonyl (C=O) groups is 2. The van der Waals surface area contributed by atoms with Crippen LogP contribution in [0, 0.1) is 11.3 Å². The van der Waals surface area contributed by atoms with Gasteiger partial charge in [-0.1, -0.05) is 39.8 Å². The predicted octanol–water partition coefficient (Wildman–Crippen LogP) is 6.27. The Morgan fingerprint density at radius 1 is 0.765 bits per heavy atom. The predicted molar refractivity (Wildman–Crippen MR) is 145 cm³/mol. The molecule has 1 unspecified atom stereocenters. The summed E-state index contributed by atoms with van der Waals surface area (Å²) in [5.41, 5.74) is 1.34. The average Bonchev–Trinajstić information content (AvgIpc) is 2.80. The minimum absolute atomic E-state index is 0.00431. The number of rotatable bonds is 11. The molecule has 1 atom stereocenters. The first-order valence-corrected chi connectivity index (χ1v) is 13.5. The van der Waals surface area contributed by atoms with Crippen molar-refractivity contribution >= 4 is 40.9 Å². The summed E-state index contributed by atoms with van der Waals surface area (Å²) in [5, 5.41) is 12.1. The quantitative estimate of drug-likeness (QED) is 0.278. The van der Waals surface area contributed by atoms with Crippen LogP contribution in [-0.4, -0.2) is 45.4 Å². The van der Waals surface area contributed by atoms with Crippen LogP contribution in [0.1, 0.15) is 54.8 Å². The molecule has 4 N–H and O–H groups in total. The highest BCUT2D eigenvalue weighted by atomic mass is 31.2. The molecule has 8 heteroatoms. The lowest BCUT2D eigenvalue weighted by Gasteiger charge is -2.27. The van der Waals surface area contributed by atoms with E-state index in [9.17, 15) is 14.2 Å². The molecule has 0 saturated carbocycles. The zero-order chi connectivity index (χ0) is 25.7. The van der Waals surface area contributed by atoms with E-state index in [0.717, 1.165) is 6.42 Å². The van der Waals surface area contributed by atoms with Gasteiger partial charge in [0.05, 0.1) is 11.1 Å². The third-order valence-electron chi connectivity index (χ3n) is 5.82. The van der Waals surface area contributed by atoms with Gasteiger partial charge in [-0.15, -0.1) is 0 Å². The second kappa shape index (κ2) is 11.1. The third kappa shape index (κ3) is 5.82. The molecule has 2 aromatic carbocycles. The fraction of sp³-hybridized carbons (Fsp3) is 0.462. The van der Waals surface area contributed by atoms with Crippen LogP contribution >= 0.6 is 7.14 Å². The van der Waals surface area contributed by atoms with Crippen molar-refractivity contribution in [3.05, 3.63) is 47.5 Å². The number of nitrogens with one attached hydrogen (secondary N) is 4. The Morgan fingerprint density at radius 3 is 1.35 bits per heavy atom. The van der Waals surface area contributed by atoms with E-state index in [-0.39, 0.29) is 28.6 Å². The molecule has 2 aromatic rings. The number of hydrogen-bond donors (Lipinski definition) is 4. The Bertz CT molecular complexity index is 976. The van der Waals surface area contributed by atoms with Gasteiger partial charge in [0.25, 0.3) is 0 Å². The van der Waals surface area contributed by atoms with Gasteiger partial charge in [-0.2, -0.15) is 0 Å². The second-order valence-corrected chi connectivity index (χ2v) is 12.5. The van der Waals surface area contributed by atoms with E-state index < -0.39 is 18.2 Å². The maximum absolute atomic E-state index is 14.8. The fourth-order valence-electron chi connectivity index (χ4n) is 4.57. The molecule has 0 amide bonds. The highest BCUT2D eigenvalue weighted by Crippen LogP contribution is 2.57. The summed E-state index contributed by atoms with van der Waals surface area (Å²) in [6, 6.07) is 10.6. The molecule has 0 aliphatic carbocycles. The Labute approximate surface area is 203 Å². The molecule has 0 aromatic heterocycles. The van der Waals surface area contributed by atoms with Gasteiger partial charge in [-0.25, -0.2) is 0 Å². The van der Waals surface area contributed by atoms with Crippen LogP contribution in [0.25, 0.3) is 0 Å². The van der Waals surface area contributed by atoms with Crippen molar-refractivity contribution in [2.45, 2.75) is 34.1 Å². The van der Waals surface area contributed by atoms with Gasteiger partial charge in [0.1, 0.15) is 0 Å². The summed E-state index contributed by atoms with van der Waals surface area (Å²) in [5.74, 6) is -0.0988. The zero-order valence-corrected chi connectivity index (χ0v) is 22.5. The van der Waals surface area contributed by atoms with Crippen molar-refractivity contribution in [1.82, 2.24) is 0 Å². The van der Waals surface area contributed by atoms with E-state index in [2.05, 4.69) is 42.0 Å². The van der Waals surface area contributed by atoms with Gasteiger partial charge in [0, 0.05) is 57.1 Å². The van der Waals surface area contributed by atoms with Crippen LogP contribution in [0.2, 0.25) is 0 Å². The normalized spacial score (nSPS) is 12.6.